The number of pyridine rings is 1. The van der Waals surface area contributed by atoms with E-state index in [9.17, 15) is 9.59 Å². The number of ether oxygens (including phenoxy) is 2. The van der Waals surface area contributed by atoms with E-state index in [1.54, 1.807) is 0 Å². The Labute approximate surface area is 220 Å². The molecule has 0 saturated carbocycles. The lowest BCUT2D eigenvalue weighted by molar-refractivity contribution is 0.0601. The average Bonchev–Trinajstić information content (AvgIpc) is 3.27. The molecule has 7 heteroatoms. The number of methoxy groups -OCH3 is 1. The number of nitrogens with zero attached hydrogens (tertiary/aromatic N) is 1. The molecule has 0 unspecified atom stereocenters. The third kappa shape index (κ3) is 5.09. The van der Waals surface area contributed by atoms with Crippen LogP contribution >= 0.6 is 11.3 Å². The Balaban J connectivity index is 1.52. The van der Waals surface area contributed by atoms with Crippen LogP contribution in [0.25, 0.3) is 22.2 Å². The number of aromatic nitrogens is 1. The van der Waals surface area contributed by atoms with Gasteiger partial charge in [0.2, 0.25) is 0 Å². The number of rotatable bonds is 7. The van der Waals surface area contributed by atoms with E-state index in [-0.39, 0.29) is 5.91 Å². The van der Waals surface area contributed by atoms with Crippen molar-refractivity contribution in [3.05, 3.63) is 76.2 Å². The minimum atomic E-state index is -0.409. The third-order valence-corrected chi connectivity index (χ3v) is 7.88. The summed E-state index contributed by atoms with van der Waals surface area (Å²) in [6.45, 7) is 4.95. The first-order valence-corrected chi connectivity index (χ1v) is 13.5. The average molecular weight is 515 g/mol. The minimum Gasteiger partial charge on any atom is -0.494 e. The summed E-state index contributed by atoms with van der Waals surface area (Å²) in [5.74, 6) is 0.661. The van der Waals surface area contributed by atoms with Crippen molar-refractivity contribution in [1.82, 2.24) is 4.98 Å². The van der Waals surface area contributed by atoms with Crippen LogP contribution in [-0.4, -0.2) is 30.6 Å². The van der Waals surface area contributed by atoms with Gasteiger partial charge >= 0.3 is 5.97 Å². The molecule has 0 saturated heterocycles. The van der Waals surface area contributed by atoms with Gasteiger partial charge in [0.25, 0.3) is 5.91 Å². The van der Waals surface area contributed by atoms with Crippen molar-refractivity contribution < 1.29 is 19.1 Å². The molecule has 1 N–H and O–H groups in total. The summed E-state index contributed by atoms with van der Waals surface area (Å²) in [7, 11) is 1.38. The first-order valence-electron chi connectivity index (χ1n) is 12.7. The van der Waals surface area contributed by atoms with Gasteiger partial charge in [-0.25, -0.2) is 9.78 Å². The van der Waals surface area contributed by atoms with Crippen molar-refractivity contribution in [1.29, 1.82) is 0 Å². The molecule has 0 aliphatic heterocycles. The van der Waals surface area contributed by atoms with Crippen LogP contribution in [0.3, 0.4) is 0 Å². The maximum Gasteiger partial charge on any atom is 0.341 e. The maximum absolute atomic E-state index is 13.7. The molecule has 1 aliphatic carbocycles. The lowest BCUT2D eigenvalue weighted by atomic mass is 9.88. The Hall–Kier alpha value is -3.71. The number of nitrogens with one attached hydrogen (secondary N) is 1. The molecule has 0 fully saturated rings. The van der Waals surface area contributed by atoms with E-state index in [2.05, 4.69) is 19.2 Å². The Morgan fingerprint density at radius 2 is 1.92 bits per heavy atom. The van der Waals surface area contributed by atoms with Crippen molar-refractivity contribution in [2.45, 2.75) is 39.5 Å². The standard InChI is InChI=1S/C30H30N2O4S/c1-4-15-36-20-12-10-19(11-13-20)25-17-23(21-7-5-6-8-24(21)31-25)28(33)32-29-27(30(34)35-3)22-14-9-18(2)16-26(22)37-29/h5-8,10-13,17-18H,4,9,14-16H2,1-3H3,(H,32,33)/t18-/m0/s1. The topological polar surface area (TPSA) is 77.5 Å². The summed E-state index contributed by atoms with van der Waals surface area (Å²) >= 11 is 1.48. The fourth-order valence-corrected chi connectivity index (χ4v) is 6.17. The van der Waals surface area contributed by atoms with Gasteiger partial charge in [0.15, 0.2) is 0 Å². The van der Waals surface area contributed by atoms with Crippen molar-refractivity contribution in [3.63, 3.8) is 0 Å². The van der Waals surface area contributed by atoms with Gasteiger partial charge in [-0.3, -0.25) is 4.79 Å². The van der Waals surface area contributed by atoms with E-state index >= 15 is 0 Å². The lowest BCUT2D eigenvalue weighted by Crippen LogP contribution is -2.16. The predicted molar refractivity (Wildman–Crippen MR) is 148 cm³/mol. The van der Waals surface area contributed by atoms with Crippen LogP contribution in [0.5, 0.6) is 5.75 Å². The van der Waals surface area contributed by atoms with Gasteiger partial charge in [0, 0.05) is 15.8 Å². The SMILES string of the molecule is CCCOc1ccc(-c2cc(C(=O)Nc3sc4c(c3C(=O)OC)CC[C@H](C)C4)c3ccccc3n2)cc1. The van der Waals surface area contributed by atoms with Crippen LogP contribution in [0.15, 0.2) is 54.6 Å². The number of hydrogen-bond acceptors (Lipinski definition) is 6. The zero-order valence-electron chi connectivity index (χ0n) is 21.3. The molecule has 0 spiro atoms. The minimum absolute atomic E-state index is 0.278. The predicted octanol–water partition coefficient (Wildman–Crippen LogP) is 6.92. The lowest BCUT2D eigenvalue weighted by Gasteiger charge is -2.18. The Bertz CT molecular complexity index is 1460. The van der Waals surface area contributed by atoms with Gasteiger partial charge < -0.3 is 14.8 Å². The third-order valence-electron chi connectivity index (χ3n) is 6.71. The highest BCUT2D eigenvalue weighted by Gasteiger charge is 2.29. The summed E-state index contributed by atoms with van der Waals surface area (Å²) in [6.07, 6.45) is 3.67. The molecule has 37 heavy (non-hydrogen) atoms. The quantitative estimate of drug-likeness (QED) is 0.271. The first kappa shape index (κ1) is 25.0. The highest BCUT2D eigenvalue weighted by molar-refractivity contribution is 7.17. The summed E-state index contributed by atoms with van der Waals surface area (Å²) < 4.78 is 10.8. The van der Waals surface area contributed by atoms with Crippen LogP contribution in [0.2, 0.25) is 0 Å². The molecule has 5 rings (SSSR count). The molecular formula is C30H30N2O4S. The highest BCUT2D eigenvalue weighted by atomic mass is 32.1. The molecule has 6 nitrogen and oxygen atoms in total. The molecule has 1 atom stereocenters. The van der Waals surface area contributed by atoms with Crippen LogP contribution in [0.4, 0.5) is 5.00 Å². The van der Waals surface area contributed by atoms with E-state index < -0.39 is 5.97 Å². The smallest absolute Gasteiger partial charge is 0.341 e. The van der Waals surface area contributed by atoms with E-state index in [0.717, 1.165) is 58.3 Å². The molecule has 2 aromatic carbocycles. The van der Waals surface area contributed by atoms with Gasteiger partial charge in [-0.05, 0) is 73.6 Å². The van der Waals surface area contributed by atoms with Gasteiger partial charge in [0.1, 0.15) is 10.8 Å². The molecule has 0 radical (unpaired) electrons. The number of esters is 1. The molecule has 4 aromatic rings. The van der Waals surface area contributed by atoms with E-state index in [4.69, 9.17) is 14.5 Å². The number of fused-ring (bicyclic) bond motifs is 2. The molecule has 2 heterocycles. The van der Waals surface area contributed by atoms with Gasteiger partial charge in [-0.15, -0.1) is 11.3 Å². The number of benzene rings is 2. The molecular weight excluding hydrogens is 484 g/mol. The number of anilines is 1. The zero-order chi connectivity index (χ0) is 25.9. The van der Waals surface area contributed by atoms with Gasteiger partial charge in [0.05, 0.1) is 36.1 Å². The first-order chi connectivity index (χ1) is 18.0. The summed E-state index contributed by atoms with van der Waals surface area (Å²) in [5.41, 5.74) is 4.31. The number of para-hydroxylation sites is 1. The summed E-state index contributed by atoms with van der Waals surface area (Å²) in [6, 6.07) is 17.2. The normalized spacial score (nSPS) is 14.7. The van der Waals surface area contributed by atoms with Crippen molar-refractivity contribution in [2.24, 2.45) is 5.92 Å². The van der Waals surface area contributed by atoms with Crippen molar-refractivity contribution in [2.75, 3.05) is 19.0 Å². The van der Waals surface area contributed by atoms with Crippen LogP contribution < -0.4 is 10.1 Å². The number of amides is 1. The van der Waals surface area contributed by atoms with E-state index in [0.29, 0.717) is 34.3 Å². The summed E-state index contributed by atoms with van der Waals surface area (Å²) in [4.78, 5) is 32.4. The monoisotopic (exact) mass is 514 g/mol. The van der Waals surface area contributed by atoms with Gasteiger partial charge in [-0.2, -0.15) is 0 Å². The Kier molecular flexibility index (Phi) is 7.24. The van der Waals surface area contributed by atoms with Crippen LogP contribution in [0, 0.1) is 5.92 Å². The molecule has 1 amide bonds. The molecule has 2 aromatic heterocycles. The second-order valence-electron chi connectivity index (χ2n) is 9.45. The second-order valence-corrected chi connectivity index (χ2v) is 10.6. The fraction of sp³-hybridized carbons (Fsp3) is 0.300. The molecule has 190 valence electrons. The second kappa shape index (κ2) is 10.7. The van der Waals surface area contributed by atoms with Gasteiger partial charge in [-0.1, -0.05) is 32.0 Å². The number of carbonyl (C=O) groups excluding carboxylic acids is 2. The van der Waals surface area contributed by atoms with E-state index in [1.165, 1.54) is 18.4 Å². The largest absolute Gasteiger partial charge is 0.494 e. The fourth-order valence-electron chi connectivity index (χ4n) is 4.78. The van der Waals surface area contributed by atoms with Crippen LogP contribution in [0.1, 0.15) is 57.8 Å². The number of hydrogen-bond donors (Lipinski definition) is 1. The number of carbonyl (C=O) groups is 2. The Morgan fingerprint density at radius 3 is 2.68 bits per heavy atom. The molecule has 1 aliphatic rings. The van der Waals surface area contributed by atoms with E-state index in [1.807, 2.05) is 54.6 Å². The zero-order valence-corrected chi connectivity index (χ0v) is 22.1. The molecule has 0 bridgehead atoms. The van der Waals surface area contributed by atoms with Crippen LogP contribution in [-0.2, 0) is 17.6 Å². The van der Waals surface area contributed by atoms with Crippen molar-refractivity contribution in [3.8, 4) is 17.0 Å². The number of thiophene rings is 1. The summed E-state index contributed by atoms with van der Waals surface area (Å²) in [5, 5.41) is 4.35. The maximum atomic E-state index is 13.7. The Morgan fingerprint density at radius 1 is 1.14 bits per heavy atom. The van der Waals surface area contributed by atoms with Crippen molar-refractivity contribution >= 4 is 39.1 Å². The highest BCUT2D eigenvalue weighted by Crippen LogP contribution is 2.40.